The van der Waals surface area contributed by atoms with Crippen LogP contribution in [0.25, 0.3) is 0 Å². The smallest absolute Gasteiger partial charge is 0.134 e. The Kier molecular flexibility index (Phi) is 5.75. The first-order valence-corrected chi connectivity index (χ1v) is 6.68. The largest absolute Gasteiger partial charge is 0.506 e. The summed E-state index contributed by atoms with van der Waals surface area (Å²) in [5.41, 5.74) is 0.799. The van der Waals surface area contributed by atoms with Gasteiger partial charge in [-0.3, -0.25) is 0 Å². The molecule has 0 spiro atoms. The van der Waals surface area contributed by atoms with Gasteiger partial charge in [-0.1, -0.05) is 22.9 Å². The third-order valence-corrected chi connectivity index (χ3v) is 3.46. The molecule has 1 rings (SSSR count). The fourth-order valence-corrected chi connectivity index (χ4v) is 2.66. The van der Waals surface area contributed by atoms with Crippen LogP contribution in [0.5, 0.6) is 5.75 Å². The van der Waals surface area contributed by atoms with Crippen LogP contribution in [0.15, 0.2) is 21.1 Å². The predicted octanol–water partition coefficient (Wildman–Crippen LogP) is 2.78. The molecule has 0 unspecified atom stereocenters. The van der Waals surface area contributed by atoms with Crippen molar-refractivity contribution in [3.63, 3.8) is 0 Å². The van der Waals surface area contributed by atoms with Crippen LogP contribution in [0, 0.1) is 0 Å². The second-order valence-corrected chi connectivity index (χ2v) is 5.33. The molecule has 0 heterocycles. The molecule has 1 aromatic rings. The number of nitrogens with one attached hydrogen (secondary N) is 1. The van der Waals surface area contributed by atoms with Gasteiger partial charge in [0, 0.05) is 22.6 Å². The summed E-state index contributed by atoms with van der Waals surface area (Å²) in [5, 5.41) is 22.0. The van der Waals surface area contributed by atoms with Gasteiger partial charge in [0.15, 0.2) is 0 Å². The van der Waals surface area contributed by atoms with Crippen LogP contribution in [0.1, 0.15) is 18.9 Å². The molecule has 16 heavy (non-hydrogen) atoms. The lowest BCUT2D eigenvalue weighted by molar-refractivity contribution is 0.238. The van der Waals surface area contributed by atoms with E-state index >= 15 is 0 Å². The molecule has 1 atom stereocenters. The quantitative estimate of drug-likeness (QED) is 0.763. The number of rotatable bonds is 5. The van der Waals surface area contributed by atoms with E-state index in [9.17, 15) is 5.11 Å². The molecule has 0 saturated heterocycles. The normalized spacial score (nSPS) is 12.8. The van der Waals surface area contributed by atoms with Crippen LogP contribution in [0.2, 0.25) is 0 Å². The highest BCUT2D eigenvalue weighted by atomic mass is 79.9. The van der Waals surface area contributed by atoms with Crippen molar-refractivity contribution in [2.75, 3.05) is 6.61 Å². The number of aliphatic hydroxyl groups excluding tert-OH is 1. The van der Waals surface area contributed by atoms with Crippen molar-refractivity contribution in [1.82, 2.24) is 5.32 Å². The lowest BCUT2D eigenvalue weighted by Gasteiger charge is -2.15. The molecule has 0 bridgehead atoms. The summed E-state index contributed by atoms with van der Waals surface area (Å²) in [5.74, 6) is 0.239. The Bertz CT molecular complexity index is 354. The summed E-state index contributed by atoms with van der Waals surface area (Å²) in [6, 6.07) is 3.72. The molecule has 90 valence electrons. The number of aromatic hydroxyl groups is 1. The predicted molar refractivity (Wildman–Crippen MR) is 71.5 cm³/mol. The van der Waals surface area contributed by atoms with Gasteiger partial charge in [0.05, 0.1) is 11.1 Å². The van der Waals surface area contributed by atoms with Gasteiger partial charge < -0.3 is 15.5 Å². The molecule has 0 aromatic heterocycles. The number of aliphatic hydroxyl groups is 1. The molecule has 0 amide bonds. The Labute approximate surface area is 112 Å². The van der Waals surface area contributed by atoms with E-state index in [0.29, 0.717) is 11.0 Å². The topological polar surface area (TPSA) is 52.5 Å². The van der Waals surface area contributed by atoms with Gasteiger partial charge in [0.1, 0.15) is 5.75 Å². The van der Waals surface area contributed by atoms with Crippen molar-refractivity contribution in [2.24, 2.45) is 0 Å². The SMILES string of the molecule is CC[C@@H](CO)NCc1cc(Br)cc(Br)c1O. The van der Waals surface area contributed by atoms with Gasteiger partial charge >= 0.3 is 0 Å². The van der Waals surface area contributed by atoms with Crippen LogP contribution >= 0.6 is 31.9 Å². The van der Waals surface area contributed by atoms with E-state index in [-0.39, 0.29) is 18.4 Å². The Morgan fingerprint density at radius 1 is 1.38 bits per heavy atom. The summed E-state index contributed by atoms with van der Waals surface area (Å²) in [6.07, 6.45) is 0.854. The summed E-state index contributed by atoms with van der Waals surface area (Å²) in [6.45, 7) is 2.64. The van der Waals surface area contributed by atoms with Gasteiger partial charge in [-0.25, -0.2) is 0 Å². The summed E-state index contributed by atoms with van der Waals surface area (Å²) in [7, 11) is 0. The molecule has 0 aliphatic rings. The lowest BCUT2D eigenvalue weighted by atomic mass is 10.1. The summed E-state index contributed by atoms with van der Waals surface area (Å²) < 4.78 is 1.57. The number of halogens is 2. The average Bonchev–Trinajstić information content (AvgIpc) is 2.26. The zero-order chi connectivity index (χ0) is 12.1. The number of hydrogen-bond donors (Lipinski definition) is 3. The van der Waals surface area contributed by atoms with E-state index < -0.39 is 0 Å². The summed E-state index contributed by atoms with van der Waals surface area (Å²) >= 11 is 6.65. The van der Waals surface area contributed by atoms with Crippen LogP contribution in [-0.2, 0) is 6.54 Å². The van der Waals surface area contributed by atoms with Gasteiger partial charge in [0.25, 0.3) is 0 Å². The number of phenolic OH excluding ortho intramolecular Hbond substituents is 1. The minimum absolute atomic E-state index is 0.0668. The minimum Gasteiger partial charge on any atom is -0.506 e. The van der Waals surface area contributed by atoms with Crippen molar-refractivity contribution in [3.8, 4) is 5.75 Å². The molecule has 5 heteroatoms. The van der Waals surface area contributed by atoms with Gasteiger partial charge in [-0.2, -0.15) is 0 Å². The van der Waals surface area contributed by atoms with Crippen molar-refractivity contribution >= 4 is 31.9 Å². The summed E-state index contributed by atoms with van der Waals surface area (Å²) in [4.78, 5) is 0. The van der Waals surface area contributed by atoms with E-state index in [1.165, 1.54) is 0 Å². The van der Waals surface area contributed by atoms with Gasteiger partial charge in [-0.05, 0) is 34.5 Å². The molecule has 0 aliphatic carbocycles. The molecule has 3 nitrogen and oxygen atoms in total. The highest BCUT2D eigenvalue weighted by Crippen LogP contribution is 2.31. The molecule has 1 aromatic carbocycles. The van der Waals surface area contributed by atoms with E-state index in [1.54, 1.807) is 6.07 Å². The standard InChI is InChI=1S/C11H15Br2NO2/c1-2-9(6-15)14-5-7-3-8(12)4-10(13)11(7)16/h3-4,9,14-16H,2,5-6H2,1H3/t9-/m0/s1. The maximum Gasteiger partial charge on any atom is 0.134 e. The lowest BCUT2D eigenvalue weighted by Crippen LogP contribution is -2.31. The first kappa shape index (κ1) is 14.0. The monoisotopic (exact) mass is 351 g/mol. The highest BCUT2D eigenvalue weighted by Gasteiger charge is 2.09. The van der Waals surface area contributed by atoms with Crippen molar-refractivity contribution in [2.45, 2.75) is 25.9 Å². The second-order valence-electron chi connectivity index (χ2n) is 3.56. The maximum absolute atomic E-state index is 9.81. The van der Waals surface area contributed by atoms with E-state index in [4.69, 9.17) is 5.11 Å². The number of benzene rings is 1. The number of hydrogen-bond acceptors (Lipinski definition) is 3. The minimum atomic E-state index is 0.0668. The van der Waals surface area contributed by atoms with E-state index in [1.807, 2.05) is 13.0 Å². The average molecular weight is 353 g/mol. The number of phenols is 1. The van der Waals surface area contributed by atoms with Gasteiger partial charge in [-0.15, -0.1) is 0 Å². The maximum atomic E-state index is 9.81. The van der Waals surface area contributed by atoms with Crippen LogP contribution < -0.4 is 5.32 Å². The molecular weight excluding hydrogens is 338 g/mol. The Morgan fingerprint density at radius 3 is 2.62 bits per heavy atom. The Morgan fingerprint density at radius 2 is 2.06 bits per heavy atom. The van der Waals surface area contributed by atoms with Gasteiger partial charge in [0.2, 0.25) is 0 Å². The van der Waals surface area contributed by atoms with E-state index in [0.717, 1.165) is 16.5 Å². The fourth-order valence-electron chi connectivity index (χ4n) is 1.35. The first-order chi connectivity index (χ1) is 7.58. The molecular formula is C11H15Br2NO2. The second kappa shape index (κ2) is 6.59. The molecule has 0 radical (unpaired) electrons. The molecule has 0 fully saturated rings. The van der Waals surface area contributed by atoms with Crippen LogP contribution in [0.4, 0.5) is 0 Å². The van der Waals surface area contributed by atoms with Crippen LogP contribution in [0.3, 0.4) is 0 Å². The van der Waals surface area contributed by atoms with Crippen LogP contribution in [-0.4, -0.2) is 22.9 Å². The van der Waals surface area contributed by atoms with Crippen molar-refractivity contribution in [3.05, 3.63) is 26.6 Å². The van der Waals surface area contributed by atoms with E-state index in [2.05, 4.69) is 37.2 Å². The first-order valence-electron chi connectivity index (χ1n) is 5.09. The highest BCUT2D eigenvalue weighted by molar-refractivity contribution is 9.11. The Balaban J connectivity index is 2.73. The zero-order valence-corrected chi connectivity index (χ0v) is 12.2. The molecule has 0 saturated carbocycles. The van der Waals surface area contributed by atoms with Crippen molar-refractivity contribution < 1.29 is 10.2 Å². The third-order valence-electron chi connectivity index (χ3n) is 2.40. The zero-order valence-electron chi connectivity index (χ0n) is 9.00. The Hall–Kier alpha value is -0.100. The fraction of sp³-hybridized carbons (Fsp3) is 0.455. The molecule has 0 aliphatic heterocycles. The molecule has 3 N–H and O–H groups in total. The van der Waals surface area contributed by atoms with Crippen molar-refractivity contribution in [1.29, 1.82) is 0 Å². The third kappa shape index (κ3) is 3.73.